The zero-order valence-corrected chi connectivity index (χ0v) is 11.8. The third-order valence-corrected chi connectivity index (χ3v) is 3.97. The maximum Gasteiger partial charge on any atom is 0.0701 e. The molecular weight excluding hydrogens is 226 g/mol. The molecule has 2 rings (SSSR count). The number of hydrogen-bond acceptors (Lipinski definition) is 3. The van der Waals surface area contributed by atoms with Gasteiger partial charge in [-0.3, -0.25) is 4.68 Å². The van der Waals surface area contributed by atoms with Crippen LogP contribution >= 0.6 is 0 Å². The summed E-state index contributed by atoms with van der Waals surface area (Å²) in [6.07, 6.45) is 7.43. The zero-order chi connectivity index (χ0) is 13.2. The number of aryl methyl sites for hydroxylation is 1. The molecule has 1 N–H and O–H groups in total. The minimum absolute atomic E-state index is 0.549. The molecule has 102 valence electrons. The lowest BCUT2D eigenvalue weighted by Crippen LogP contribution is -2.35. The first kappa shape index (κ1) is 13.6. The summed E-state index contributed by atoms with van der Waals surface area (Å²) >= 11 is 0. The molecule has 0 radical (unpaired) electrons. The van der Waals surface area contributed by atoms with E-state index in [-0.39, 0.29) is 0 Å². The molecule has 0 aromatic carbocycles. The Balaban J connectivity index is 1.98. The lowest BCUT2D eigenvalue weighted by molar-refractivity contribution is 0.0248. The van der Waals surface area contributed by atoms with Crippen LogP contribution in [0, 0.1) is 0 Å². The molecule has 1 atom stereocenters. The Morgan fingerprint density at radius 2 is 2.17 bits per heavy atom. The van der Waals surface area contributed by atoms with Crippen LogP contribution in [0.15, 0.2) is 12.4 Å². The van der Waals surface area contributed by atoms with Gasteiger partial charge in [0, 0.05) is 32.3 Å². The normalized spacial score (nSPS) is 26.5. The summed E-state index contributed by atoms with van der Waals surface area (Å²) < 4.78 is 1.80. The highest BCUT2D eigenvalue weighted by atomic mass is 16.3. The molecule has 1 aliphatic rings. The average Bonchev–Trinajstić information content (AvgIpc) is 2.58. The predicted octanol–water partition coefficient (Wildman–Crippen LogP) is 1.59. The Hall–Kier alpha value is -0.870. The summed E-state index contributed by atoms with van der Waals surface area (Å²) in [6, 6.07) is 0.575. The van der Waals surface area contributed by atoms with E-state index in [9.17, 15) is 5.11 Å². The maximum absolute atomic E-state index is 10.7. The average molecular weight is 251 g/mol. The molecule has 1 saturated heterocycles. The highest BCUT2D eigenvalue weighted by Gasteiger charge is 2.31. The summed E-state index contributed by atoms with van der Waals surface area (Å²) in [4.78, 5) is 2.46. The van der Waals surface area contributed by atoms with E-state index in [0.717, 1.165) is 44.3 Å². The van der Waals surface area contributed by atoms with Crippen molar-refractivity contribution in [2.45, 2.75) is 51.2 Å². The van der Waals surface area contributed by atoms with E-state index in [4.69, 9.17) is 0 Å². The summed E-state index contributed by atoms with van der Waals surface area (Å²) in [5.74, 6) is 0. The van der Waals surface area contributed by atoms with Crippen molar-refractivity contribution >= 4 is 0 Å². The van der Waals surface area contributed by atoms with Crippen molar-refractivity contribution in [1.29, 1.82) is 0 Å². The highest BCUT2D eigenvalue weighted by molar-refractivity contribution is 5.08. The predicted molar refractivity (Wildman–Crippen MR) is 72.4 cm³/mol. The van der Waals surface area contributed by atoms with Crippen molar-refractivity contribution in [1.82, 2.24) is 14.7 Å². The van der Waals surface area contributed by atoms with Gasteiger partial charge in [0.2, 0.25) is 0 Å². The van der Waals surface area contributed by atoms with Crippen LogP contribution in [0.4, 0.5) is 0 Å². The van der Waals surface area contributed by atoms with Crippen LogP contribution in [0.5, 0.6) is 0 Å². The van der Waals surface area contributed by atoms with Crippen molar-refractivity contribution in [3.63, 3.8) is 0 Å². The van der Waals surface area contributed by atoms with E-state index in [1.165, 1.54) is 0 Å². The van der Waals surface area contributed by atoms with Crippen LogP contribution in [-0.4, -0.2) is 44.5 Å². The van der Waals surface area contributed by atoms with Crippen LogP contribution in [0.25, 0.3) is 0 Å². The van der Waals surface area contributed by atoms with Crippen LogP contribution in [0.2, 0.25) is 0 Å². The number of hydrogen-bond donors (Lipinski definition) is 1. The molecule has 4 heteroatoms. The van der Waals surface area contributed by atoms with Crippen LogP contribution in [0.3, 0.4) is 0 Å². The Bertz CT molecular complexity index is 388. The molecule has 4 nitrogen and oxygen atoms in total. The Morgan fingerprint density at radius 3 is 2.78 bits per heavy atom. The number of aromatic nitrogens is 2. The van der Waals surface area contributed by atoms with Gasteiger partial charge in [-0.05, 0) is 45.2 Å². The van der Waals surface area contributed by atoms with Crippen molar-refractivity contribution in [3.8, 4) is 0 Å². The first-order valence-electron chi connectivity index (χ1n) is 6.92. The molecule has 18 heavy (non-hydrogen) atoms. The molecule has 1 fully saturated rings. The molecule has 0 saturated carbocycles. The topological polar surface area (TPSA) is 41.3 Å². The minimum atomic E-state index is -0.549. The fourth-order valence-electron chi connectivity index (χ4n) is 2.84. The van der Waals surface area contributed by atoms with Gasteiger partial charge in [-0.1, -0.05) is 0 Å². The molecule has 0 bridgehead atoms. The molecule has 0 spiro atoms. The van der Waals surface area contributed by atoms with Crippen LogP contribution in [0.1, 0.15) is 38.7 Å². The van der Waals surface area contributed by atoms with E-state index in [1.807, 2.05) is 19.4 Å². The Kier molecular flexibility index (Phi) is 4.07. The largest absolute Gasteiger partial charge is 0.389 e. The molecule has 1 aliphatic heterocycles. The molecule has 0 amide bonds. The fourth-order valence-corrected chi connectivity index (χ4v) is 2.84. The van der Waals surface area contributed by atoms with Gasteiger partial charge < -0.3 is 10.0 Å². The molecule has 1 unspecified atom stereocenters. The van der Waals surface area contributed by atoms with Crippen molar-refractivity contribution in [3.05, 3.63) is 18.0 Å². The van der Waals surface area contributed by atoms with Gasteiger partial charge >= 0.3 is 0 Å². The highest BCUT2D eigenvalue weighted by Crippen LogP contribution is 2.27. The minimum Gasteiger partial charge on any atom is -0.389 e. The number of likely N-dealkylation sites (tertiary alicyclic amines) is 1. The second-order valence-electron chi connectivity index (χ2n) is 5.91. The molecule has 1 aromatic rings. The summed E-state index contributed by atoms with van der Waals surface area (Å²) in [5, 5.41) is 14.9. The Labute approximate surface area is 110 Å². The van der Waals surface area contributed by atoms with Crippen LogP contribution < -0.4 is 0 Å². The van der Waals surface area contributed by atoms with Crippen LogP contribution in [-0.2, 0) is 13.5 Å². The molecule has 2 heterocycles. The maximum atomic E-state index is 10.7. The third kappa shape index (κ3) is 3.33. The van der Waals surface area contributed by atoms with Gasteiger partial charge in [0.05, 0.1) is 11.8 Å². The van der Waals surface area contributed by atoms with Gasteiger partial charge in [-0.2, -0.15) is 5.10 Å². The first-order valence-corrected chi connectivity index (χ1v) is 6.92. The SMILES string of the molecule is CC(C)N1CCCC(O)(Cc2cnn(C)c2)CC1. The fraction of sp³-hybridized carbons (Fsp3) is 0.786. The van der Waals surface area contributed by atoms with Gasteiger partial charge in [-0.15, -0.1) is 0 Å². The smallest absolute Gasteiger partial charge is 0.0701 e. The zero-order valence-electron chi connectivity index (χ0n) is 11.8. The van der Waals surface area contributed by atoms with Crippen molar-refractivity contribution < 1.29 is 5.11 Å². The second kappa shape index (κ2) is 5.41. The number of nitrogens with zero attached hydrogens (tertiary/aromatic N) is 3. The Morgan fingerprint density at radius 1 is 1.39 bits per heavy atom. The van der Waals surface area contributed by atoms with Gasteiger partial charge in [-0.25, -0.2) is 0 Å². The quantitative estimate of drug-likeness (QED) is 0.887. The van der Waals surface area contributed by atoms with E-state index >= 15 is 0 Å². The van der Waals surface area contributed by atoms with Crippen molar-refractivity contribution in [2.24, 2.45) is 7.05 Å². The molecule has 0 aliphatic carbocycles. The summed E-state index contributed by atoms with van der Waals surface area (Å²) in [5.41, 5.74) is 0.588. The van der Waals surface area contributed by atoms with Gasteiger partial charge in [0.15, 0.2) is 0 Å². The first-order chi connectivity index (χ1) is 8.48. The third-order valence-electron chi connectivity index (χ3n) is 3.97. The van der Waals surface area contributed by atoms with E-state index in [1.54, 1.807) is 4.68 Å². The van der Waals surface area contributed by atoms with Crippen molar-refractivity contribution in [2.75, 3.05) is 13.1 Å². The number of aliphatic hydroxyl groups is 1. The van der Waals surface area contributed by atoms with E-state index in [0.29, 0.717) is 6.04 Å². The lowest BCUT2D eigenvalue weighted by Gasteiger charge is -2.27. The lowest BCUT2D eigenvalue weighted by atomic mass is 9.89. The van der Waals surface area contributed by atoms with Gasteiger partial charge in [0.1, 0.15) is 0 Å². The summed E-state index contributed by atoms with van der Waals surface area (Å²) in [6.45, 7) is 6.55. The van der Waals surface area contributed by atoms with E-state index in [2.05, 4.69) is 23.8 Å². The standard InChI is InChI=1S/C14H25N3O/c1-12(2)17-7-4-5-14(18,6-8-17)9-13-10-15-16(3)11-13/h10-12,18H,4-9H2,1-3H3. The second-order valence-corrected chi connectivity index (χ2v) is 5.91. The molecular formula is C14H25N3O. The number of rotatable bonds is 3. The van der Waals surface area contributed by atoms with E-state index < -0.39 is 5.60 Å². The monoisotopic (exact) mass is 251 g/mol. The summed E-state index contributed by atoms with van der Waals surface area (Å²) in [7, 11) is 1.92. The van der Waals surface area contributed by atoms with Gasteiger partial charge in [0.25, 0.3) is 0 Å². The molecule has 1 aromatic heterocycles.